The van der Waals surface area contributed by atoms with E-state index in [4.69, 9.17) is 16.3 Å². The first-order valence-corrected chi connectivity index (χ1v) is 11.4. The number of carbonyl (C=O) groups excluding carboxylic acids is 1. The molecule has 2 aliphatic heterocycles. The first-order valence-electron chi connectivity index (χ1n) is 11.0. The Kier molecular flexibility index (Phi) is 5.77. The van der Waals surface area contributed by atoms with E-state index in [1.807, 2.05) is 54.6 Å². The Morgan fingerprint density at radius 1 is 0.938 bits per heavy atom. The number of hydrogen-bond donors (Lipinski definition) is 1. The summed E-state index contributed by atoms with van der Waals surface area (Å²) in [6, 6.07) is 25.8. The van der Waals surface area contributed by atoms with Gasteiger partial charge < -0.3 is 15.0 Å². The Morgan fingerprint density at radius 3 is 2.47 bits per heavy atom. The molecule has 0 aromatic heterocycles. The molecule has 0 radical (unpaired) electrons. The molecule has 1 amide bonds. The van der Waals surface area contributed by atoms with Crippen molar-refractivity contribution in [2.75, 3.05) is 24.7 Å². The Morgan fingerprint density at radius 2 is 1.69 bits per heavy atom. The molecule has 0 atom stereocenters. The number of amides is 1. The molecule has 3 aromatic rings. The average molecular weight is 448 g/mol. The third-order valence-electron chi connectivity index (χ3n) is 6.46. The minimum atomic E-state index is -0.452. The van der Waals surface area contributed by atoms with Gasteiger partial charge in [-0.25, -0.2) is 0 Å². The van der Waals surface area contributed by atoms with Gasteiger partial charge in [-0.05, 0) is 54.8 Å². The van der Waals surface area contributed by atoms with E-state index >= 15 is 0 Å². The van der Waals surface area contributed by atoms with Crippen LogP contribution in [0.2, 0.25) is 5.02 Å². The van der Waals surface area contributed by atoms with Gasteiger partial charge in [0.25, 0.3) is 0 Å². The Bertz CT molecular complexity index is 1100. The smallest absolute Gasteiger partial charge is 0.247 e. The summed E-state index contributed by atoms with van der Waals surface area (Å²) in [5.41, 5.74) is 1.83. The van der Waals surface area contributed by atoms with Crippen LogP contribution < -0.4 is 15.0 Å². The molecule has 3 aromatic carbocycles. The Labute approximate surface area is 193 Å². The van der Waals surface area contributed by atoms with Crippen LogP contribution in [0.3, 0.4) is 0 Å². The van der Waals surface area contributed by atoms with Gasteiger partial charge in [0.2, 0.25) is 5.91 Å². The van der Waals surface area contributed by atoms with Crippen LogP contribution in [-0.4, -0.2) is 36.1 Å². The summed E-state index contributed by atoms with van der Waals surface area (Å²) in [5, 5.41) is 3.66. The maximum Gasteiger partial charge on any atom is 0.247 e. The highest BCUT2D eigenvalue weighted by Gasteiger charge is 2.50. The highest BCUT2D eigenvalue weighted by atomic mass is 35.5. The van der Waals surface area contributed by atoms with Gasteiger partial charge in [-0.2, -0.15) is 0 Å². The van der Waals surface area contributed by atoms with Gasteiger partial charge in [0.15, 0.2) is 0 Å². The number of hydrogen-bond acceptors (Lipinski definition) is 4. The van der Waals surface area contributed by atoms with Gasteiger partial charge in [-0.3, -0.25) is 9.69 Å². The first kappa shape index (κ1) is 20.9. The quantitative estimate of drug-likeness (QED) is 0.593. The zero-order chi connectivity index (χ0) is 22.0. The van der Waals surface area contributed by atoms with E-state index in [2.05, 4.69) is 39.4 Å². The van der Waals surface area contributed by atoms with Crippen molar-refractivity contribution < 1.29 is 9.53 Å². The van der Waals surface area contributed by atoms with Gasteiger partial charge in [0, 0.05) is 25.3 Å². The normalized spacial score (nSPS) is 18.0. The standard InChI is InChI=1S/C26H26ClN3O2/c27-23-11-4-5-12-24(23)32-22-10-6-7-20(17-22)18-29-15-13-26(14-16-29)25(31)28-19-30(26)21-8-2-1-3-9-21/h1-12,17H,13-16,18-19H2,(H,28,31). The summed E-state index contributed by atoms with van der Waals surface area (Å²) < 4.78 is 5.98. The van der Waals surface area contributed by atoms with Crippen molar-refractivity contribution >= 4 is 23.2 Å². The van der Waals surface area contributed by atoms with Crippen LogP contribution in [0, 0.1) is 0 Å². The van der Waals surface area contributed by atoms with Crippen molar-refractivity contribution in [3.05, 3.63) is 89.4 Å². The molecule has 164 valence electrons. The number of nitrogens with zero attached hydrogens (tertiary/aromatic N) is 2. The number of ether oxygens (including phenoxy) is 1. The Hall–Kier alpha value is -3.02. The number of carbonyl (C=O) groups is 1. The Balaban J connectivity index is 1.25. The van der Waals surface area contributed by atoms with Crippen LogP contribution in [0.5, 0.6) is 11.5 Å². The van der Waals surface area contributed by atoms with E-state index < -0.39 is 5.54 Å². The molecule has 2 saturated heterocycles. The molecule has 32 heavy (non-hydrogen) atoms. The van der Waals surface area contributed by atoms with Crippen LogP contribution in [-0.2, 0) is 11.3 Å². The van der Waals surface area contributed by atoms with E-state index in [9.17, 15) is 4.79 Å². The van der Waals surface area contributed by atoms with Gasteiger partial charge in [-0.1, -0.05) is 54.1 Å². The summed E-state index contributed by atoms with van der Waals surface area (Å²) in [6.07, 6.45) is 1.62. The molecule has 1 N–H and O–H groups in total. The number of para-hydroxylation sites is 2. The zero-order valence-corrected chi connectivity index (χ0v) is 18.6. The fraction of sp³-hybridized carbons (Fsp3) is 0.269. The highest BCUT2D eigenvalue weighted by Crippen LogP contribution is 2.36. The number of halogens is 1. The first-order chi connectivity index (χ1) is 15.6. The second-order valence-corrected chi connectivity index (χ2v) is 8.82. The number of piperidine rings is 1. The van der Waals surface area contributed by atoms with Crippen molar-refractivity contribution in [2.45, 2.75) is 24.9 Å². The zero-order valence-electron chi connectivity index (χ0n) is 17.8. The van der Waals surface area contributed by atoms with Crippen LogP contribution in [0.1, 0.15) is 18.4 Å². The molecule has 6 heteroatoms. The number of likely N-dealkylation sites (tertiary alicyclic amines) is 1. The minimum Gasteiger partial charge on any atom is -0.456 e. The number of nitrogens with one attached hydrogen (secondary N) is 1. The molecule has 0 saturated carbocycles. The largest absolute Gasteiger partial charge is 0.456 e. The molecule has 0 aliphatic carbocycles. The maximum atomic E-state index is 12.8. The lowest BCUT2D eigenvalue weighted by atomic mass is 9.85. The van der Waals surface area contributed by atoms with Gasteiger partial charge >= 0.3 is 0 Å². The lowest BCUT2D eigenvalue weighted by molar-refractivity contribution is -0.125. The van der Waals surface area contributed by atoms with E-state index in [0.29, 0.717) is 17.4 Å². The SMILES string of the molecule is O=C1NCN(c2ccccc2)C12CCN(Cc1cccc(Oc3ccccc3Cl)c1)CC2. The van der Waals surface area contributed by atoms with Gasteiger partial charge in [0.1, 0.15) is 17.0 Å². The fourth-order valence-corrected chi connectivity index (χ4v) is 4.91. The predicted molar refractivity (Wildman–Crippen MR) is 127 cm³/mol. The van der Waals surface area contributed by atoms with E-state index in [-0.39, 0.29) is 5.91 Å². The minimum absolute atomic E-state index is 0.149. The summed E-state index contributed by atoms with van der Waals surface area (Å²) in [7, 11) is 0. The third kappa shape index (κ3) is 4.06. The van der Waals surface area contributed by atoms with Crippen LogP contribution in [0.25, 0.3) is 0 Å². The summed E-state index contributed by atoms with van der Waals surface area (Å²) in [6.45, 7) is 3.13. The molecule has 2 fully saturated rings. The predicted octanol–water partition coefficient (Wildman–Crippen LogP) is 5.06. The lowest BCUT2D eigenvalue weighted by Crippen LogP contribution is -2.56. The second kappa shape index (κ2) is 8.85. The molecule has 0 unspecified atom stereocenters. The van der Waals surface area contributed by atoms with E-state index in [0.717, 1.165) is 43.9 Å². The topological polar surface area (TPSA) is 44.8 Å². The number of rotatable bonds is 5. The van der Waals surface area contributed by atoms with Crippen molar-refractivity contribution in [1.82, 2.24) is 10.2 Å². The van der Waals surface area contributed by atoms with Gasteiger partial charge in [0.05, 0.1) is 11.7 Å². The summed E-state index contributed by atoms with van der Waals surface area (Å²) >= 11 is 6.23. The molecule has 0 bridgehead atoms. The molecular weight excluding hydrogens is 422 g/mol. The molecular formula is C26H26ClN3O2. The highest BCUT2D eigenvalue weighted by molar-refractivity contribution is 6.32. The maximum absolute atomic E-state index is 12.8. The van der Waals surface area contributed by atoms with E-state index in [1.54, 1.807) is 0 Å². The molecule has 5 rings (SSSR count). The van der Waals surface area contributed by atoms with Crippen LogP contribution in [0.4, 0.5) is 5.69 Å². The lowest BCUT2D eigenvalue weighted by Gasteiger charge is -2.43. The van der Waals surface area contributed by atoms with Crippen molar-refractivity contribution in [2.24, 2.45) is 0 Å². The van der Waals surface area contributed by atoms with Crippen LogP contribution >= 0.6 is 11.6 Å². The molecule has 2 heterocycles. The number of benzene rings is 3. The van der Waals surface area contributed by atoms with Gasteiger partial charge in [-0.15, -0.1) is 0 Å². The van der Waals surface area contributed by atoms with Crippen molar-refractivity contribution in [3.63, 3.8) is 0 Å². The fourth-order valence-electron chi connectivity index (χ4n) is 4.73. The third-order valence-corrected chi connectivity index (χ3v) is 6.77. The monoisotopic (exact) mass is 447 g/mol. The molecule has 5 nitrogen and oxygen atoms in total. The van der Waals surface area contributed by atoms with E-state index in [1.165, 1.54) is 5.56 Å². The average Bonchev–Trinajstić information content (AvgIpc) is 3.13. The summed E-state index contributed by atoms with van der Waals surface area (Å²) in [4.78, 5) is 17.5. The molecule has 2 aliphatic rings. The molecule has 1 spiro atoms. The second-order valence-electron chi connectivity index (χ2n) is 8.42. The summed E-state index contributed by atoms with van der Waals surface area (Å²) in [5.74, 6) is 1.57. The number of anilines is 1. The van der Waals surface area contributed by atoms with Crippen molar-refractivity contribution in [3.8, 4) is 11.5 Å². The van der Waals surface area contributed by atoms with Crippen molar-refractivity contribution in [1.29, 1.82) is 0 Å². The van der Waals surface area contributed by atoms with Crippen LogP contribution in [0.15, 0.2) is 78.9 Å².